The van der Waals surface area contributed by atoms with Gasteiger partial charge in [0.15, 0.2) is 0 Å². The number of nitrogens with zero attached hydrogens (tertiary/aromatic N) is 3. The first-order valence-corrected chi connectivity index (χ1v) is 7.28. The highest BCUT2D eigenvalue weighted by molar-refractivity contribution is 5.96. The molecule has 2 atom stereocenters. The molecule has 0 unspecified atom stereocenters. The molecule has 2 heterocycles. The molecule has 3 N–H and O–H groups in total. The Kier molecular flexibility index (Phi) is 3.83. The number of rotatable bonds is 3. The van der Waals surface area contributed by atoms with Gasteiger partial charge in [0.1, 0.15) is 5.69 Å². The zero-order valence-corrected chi connectivity index (χ0v) is 12.6. The molecule has 1 saturated heterocycles. The average molecular weight is 315 g/mol. The highest BCUT2D eigenvalue weighted by Crippen LogP contribution is 2.29. The Labute approximate surface area is 132 Å². The van der Waals surface area contributed by atoms with E-state index in [0.29, 0.717) is 13.1 Å². The second-order valence-electron chi connectivity index (χ2n) is 5.69. The Morgan fingerprint density at radius 2 is 2.09 bits per heavy atom. The van der Waals surface area contributed by atoms with Crippen LogP contribution in [0, 0.1) is 17.0 Å². The minimum atomic E-state index is -0.587. The maximum Gasteiger partial charge on any atom is 0.322 e. The summed E-state index contributed by atoms with van der Waals surface area (Å²) < 4.78 is 0. The number of aromatic amines is 1. The van der Waals surface area contributed by atoms with E-state index in [1.165, 1.54) is 11.8 Å². The van der Waals surface area contributed by atoms with E-state index in [9.17, 15) is 14.9 Å². The SMILES string of the molecule is Cc1[nH]nc(C(=O)N2C[C@@H](N)[C@H](c3ccccc3)C2)c1[N+](=O)[O-]. The number of benzene rings is 1. The standard InChI is InChI=1S/C15H17N5O3/c1-9-14(20(22)23)13(18-17-9)15(21)19-7-11(12(16)8-19)10-5-3-2-4-6-10/h2-6,11-12H,7-8,16H2,1H3,(H,17,18)/t11-,12+/m0/s1. The van der Waals surface area contributed by atoms with Gasteiger partial charge in [-0.05, 0) is 12.5 Å². The molecule has 1 aliphatic heterocycles. The molecule has 0 aliphatic carbocycles. The van der Waals surface area contributed by atoms with E-state index >= 15 is 0 Å². The Hall–Kier alpha value is -2.74. The summed E-state index contributed by atoms with van der Waals surface area (Å²) in [7, 11) is 0. The Balaban J connectivity index is 1.84. The molecule has 1 aliphatic rings. The van der Waals surface area contributed by atoms with Gasteiger partial charge < -0.3 is 10.6 Å². The van der Waals surface area contributed by atoms with Gasteiger partial charge in [0.05, 0.1) is 4.92 Å². The van der Waals surface area contributed by atoms with Crippen molar-refractivity contribution in [2.75, 3.05) is 13.1 Å². The zero-order valence-electron chi connectivity index (χ0n) is 12.6. The van der Waals surface area contributed by atoms with Crippen molar-refractivity contribution >= 4 is 11.6 Å². The topological polar surface area (TPSA) is 118 Å². The number of H-pyrrole nitrogens is 1. The zero-order chi connectivity index (χ0) is 16.6. The highest BCUT2D eigenvalue weighted by Gasteiger charge is 2.38. The summed E-state index contributed by atoms with van der Waals surface area (Å²) in [4.78, 5) is 24.7. The molecule has 3 rings (SSSR count). The molecule has 1 amide bonds. The number of likely N-dealkylation sites (tertiary alicyclic amines) is 1. The Morgan fingerprint density at radius 1 is 1.39 bits per heavy atom. The minimum Gasteiger partial charge on any atom is -0.335 e. The van der Waals surface area contributed by atoms with E-state index in [4.69, 9.17) is 5.73 Å². The van der Waals surface area contributed by atoms with Crippen molar-refractivity contribution in [2.24, 2.45) is 5.73 Å². The van der Waals surface area contributed by atoms with Crippen LogP contribution in [-0.2, 0) is 0 Å². The molecule has 0 saturated carbocycles. The number of nitro groups is 1. The maximum absolute atomic E-state index is 12.6. The lowest BCUT2D eigenvalue weighted by atomic mass is 9.95. The summed E-state index contributed by atoms with van der Waals surface area (Å²) >= 11 is 0. The number of nitrogens with one attached hydrogen (secondary N) is 1. The molecule has 8 nitrogen and oxygen atoms in total. The van der Waals surface area contributed by atoms with E-state index in [-0.39, 0.29) is 29.0 Å². The summed E-state index contributed by atoms with van der Waals surface area (Å²) in [5.74, 6) is -0.450. The second-order valence-corrected chi connectivity index (χ2v) is 5.69. The monoisotopic (exact) mass is 315 g/mol. The van der Waals surface area contributed by atoms with E-state index in [0.717, 1.165) is 5.56 Å². The molecule has 2 aromatic rings. The summed E-state index contributed by atoms with van der Waals surface area (Å²) in [5, 5.41) is 17.4. The van der Waals surface area contributed by atoms with Gasteiger partial charge in [-0.15, -0.1) is 0 Å². The van der Waals surface area contributed by atoms with Crippen LogP contribution in [0.4, 0.5) is 5.69 Å². The molecular weight excluding hydrogens is 298 g/mol. The van der Waals surface area contributed by atoms with Crippen molar-refractivity contribution in [2.45, 2.75) is 18.9 Å². The van der Waals surface area contributed by atoms with Crippen LogP contribution in [0.2, 0.25) is 0 Å². The van der Waals surface area contributed by atoms with E-state index in [2.05, 4.69) is 10.2 Å². The summed E-state index contributed by atoms with van der Waals surface area (Å²) in [6, 6.07) is 9.51. The number of aryl methyl sites for hydroxylation is 1. The fourth-order valence-electron chi connectivity index (χ4n) is 2.99. The molecule has 0 bridgehead atoms. The van der Waals surface area contributed by atoms with Crippen LogP contribution in [0.1, 0.15) is 27.7 Å². The molecule has 120 valence electrons. The number of nitrogens with two attached hydrogens (primary N) is 1. The third-order valence-electron chi connectivity index (χ3n) is 4.18. The fourth-order valence-corrected chi connectivity index (χ4v) is 2.99. The van der Waals surface area contributed by atoms with E-state index in [1.807, 2.05) is 30.3 Å². The summed E-state index contributed by atoms with van der Waals surface area (Å²) in [5.41, 5.74) is 7.06. The maximum atomic E-state index is 12.6. The van der Waals surface area contributed by atoms with Gasteiger partial charge in [-0.3, -0.25) is 20.0 Å². The molecular formula is C15H17N5O3. The summed E-state index contributed by atoms with van der Waals surface area (Å²) in [6.45, 7) is 2.29. The van der Waals surface area contributed by atoms with Gasteiger partial charge in [0.25, 0.3) is 5.91 Å². The smallest absolute Gasteiger partial charge is 0.322 e. The van der Waals surface area contributed by atoms with E-state index < -0.39 is 10.8 Å². The first-order valence-electron chi connectivity index (χ1n) is 7.28. The third-order valence-corrected chi connectivity index (χ3v) is 4.18. The van der Waals surface area contributed by atoms with Crippen molar-refractivity contribution in [1.82, 2.24) is 15.1 Å². The molecule has 1 fully saturated rings. The largest absolute Gasteiger partial charge is 0.335 e. The van der Waals surface area contributed by atoms with Gasteiger partial charge in [0.2, 0.25) is 5.69 Å². The molecule has 1 aromatic carbocycles. The van der Waals surface area contributed by atoms with Crippen LogP contribution < -0.4 is 5.73 Å². The minimum absolute atomic E-state index is 0.0132. The molecule has 0 radical (unpaired) electrons. The molecule has 8 heteroatoms. The van der Waals surface area contributed by atoms with Crippen molar-refractivity contribution in [1.29, 1.82) is 0 Å². The number of carbonyl (C=O) groups excluding carboxylic acids is 1. The Morgan fingerprint density at radius 3 is 2.74 bits per heavy atom. The number of hydrogen-bond acceptors (Lipinski definition) is 5. The third kappa shape index (κ3) is 2.68. The number of amides is 1. The normalized spacial score (nSPS) is 20.7. The highest BCUT2D eigenvalue weighted by atomic mass is 16.6. The van der Waals surface area contributed by atoms with Crippen LogP contribution in [-0.4, -0.2) is 45.1 Å². The van der Waals surface area contributed by atoms with Crippen LogP contribution in [0.25, 0.3) is 0 Å². The van der Waals surface area contributed by atoms with E-state index in [1.54, 1.807) is 0 Å². The van der Waals surface area contributed by atoms with Crippen LogP contribution in [0.3, 0.4) is 0 Å². The first-order chi connectivity index (χ1) is 11.0. The lowest BCUT2D eigenvalue weighted by Gasteiger charge is -2.15. The Bertz CT molecular complexity index is 743. The van der Waals surface area contributed by atoms with Crippen molar-refractivity contribution in [3.63, 3.8) is 0 Å². The quantitative estimate of drug-likeness (QED) is 0.651. The van der Waals surface area contributed by atoms with Crippen LogP contribution in [0.5, 0.6) is 0 Å². The second kappa shape index (κ2) is 5.81. The number of carbonyl (C=O) groups is 1. The fraction of sp³-hybridized carbons (Fsp3) is 0.333. The number of aromatic nitrogens is 2. The van der Waals surface area contributed by atoms with Crippen molar-refractivity contribution < 1.29 is 9.72 Å². The lowest BCUT2D eigenvalue weighted by Crippen LogP contribution is -2.32. The van der Waals surface area contributed by atoms with Gasteiger partial charge in [-0.25, -0.2) is 0 Å². The van der Waals surface area contributed by atoms with Gasteiger partial charge in [-0.2, -0.15) is 5.10 Å². The van der Waals surface area contributed by atoms with Gasteiger partial charge in [0, 0.05) is 25.0 Å². The van der Waals surface area contributed by atoms with Crippen LogP contribution in [0.15, 0.2) is 30.3 Å². The average Bonchev–Trinajstić information content (AvgIpc) is 3.10. The van der Waals surface area contributed by atoms with Gasteiger partial charge >= 0.3 is 5.69 Å². The van der Waals surface area contributed by atoms with Crippen LogP contribution >= 0.6 is 0 Å². The predicted octanol–water partition coefficient (Wildman–Crippen LogP) is 1.19. The first kappa shape index (κ1) is 15.2. The summed E-state index contributed by atoms with van der Waals surface area (Å²) in [6.07, 6.45) is 0. The van der Waals surface area contributed by atoms with Crippen molar-refractivity contribution in [3.8, 4) is 0 Å². The molecule has 0 spiro atoms. The number of hydrogen-bond donors (Lipinski definition) is 2. The van der Waals surface area contributed by atoms with Crippen molar-refractivity contribution in [3.05, 3.63) is 57.4 Å². The van der Waals surface area contributed by atoms with Gasteiger partial charge in [-0.1, -0.05) is 30.3 Å². The molecule has 23 heavy (non-hydrogen) atoms. The molecule has 1 aromatic heterocycles. The predicted molar refractivity (Wildman–Crippen MR) is 83.0 cm³/mol. The lowest BCUT2D eigenvalue weighted by molar-refractivity contribution is -0.385.